The number of fused-ring (bicyclic) bond motifs is 1. The first-order valence-electron chi connectivity index (χ1n) is 13.5. The Bertz CT molecular complexity index is 1480. The number of alkyl halides is 1. The first-order chi connectivity index (χ1) is 18.9. The number of nitrogens with two attached hydrogens (primary N) is 1. The Morgan fingerprint density at radius 3 is 2.41 bits per heavy atom. The lowest BCUT2D eigenvalue weighted by Crippen LogP contribution is -2.41. The van der Waals surface area contributed by atoms with Gasteiger partial charge in [0.05, 0.1) is 12.8 Å². The van der Waals surface area contributed by atoms with Gasteiger partial charge < -0.3 is 20.7 Å². The second kappa shape index (κ2) is 13.3. The number of benzene rings is 2. The van der Waals surface area contributed by atoms with E-state index >= 15 is 0 Å². The van der Waals surface area contributed by atoms with Crippen molar-refractivity contribution in [3.05, 3.63) is 92.4 Å². The molecule has 0 fully saturated rings. The van der Waals surface area contributed by atoms with Crippen LogP contribution in [0.2, 0.25) is 0 Å². The molecule has 2 aromatic carbocycles. The van der Waals surface area contributed by atoms with Gasteiger partial charge in [0.2, 0.25) is 0 Å². The van der Waals surface area contributed by atoms with E-state index in [0.29, 0.717) is 68.1 Å². The highest BCUT2D eigenvalue weighted by Gasteiger charge is 2.22. The molecule has 208 valence electrons. The molecule has 0 radical (unpaired) electrons. The van der Waals surface area contributed by atoms with Crippen LogP contribution in [0.25, 0.3) is 11.2 Å². The number of anilines is 1. The first-order valence-corrected chi connectivity index (χ1v) is 13.5. The van der Waals surface area contributed by atoms with Gasteiger partial charge >= 0.3 is 5.69 Å². The van der Waals surface area contributed by atoms with Crippen LogP contribution in [0.5, 0.6) is 0 Å². The monoisotopic (exact) mass is 536 g/mol. The smallest absolute Gasteiger partial charge is 0.332 e. The van der Waals surface area contributed by atoms with Crippen LogP contribution in [0.4, 0.5) is 10.1 Å². The zero-order valence-electron chi connectivity index (χ0n) is 22.4. The summed E-state index contributed by atoms with van der Waals surface area (Å²) in [6, 6.07) is 17.3. The minimum atomic E-state index is -0.627. The number of aromatic nitrogens is 4. The van der Waals surface area contributed by atoms with E-state index in [9.17, 15) is 19.1 Å². The topological polar surface area (TPSA) is 120 Å². The highest BCUT2D eigenvalue weighted by atomic mass is 19.1. The predicted octanol–water partition coefficient (Wildman–Crippen LogP) is 2.50. The number of aryl methyl sites for hydroxylation is 2. The second-order valence-electron chi connectivity index (χ2n) is 9.71. The number of nitrogens with one attached hydrogen (secondary N) is 1. The highest BCUT2D eigenvalue weighted by Crippen LogP contribution is 2.17. The summed E-state index contributed by atoms with van der Waals surface area (Å²) < 4.78 is 17.6. The number of halogens is 1. The van der Waals surface area contributed by atoms with E-state index < -0.39 is 24.0 Å². The third-order valence-electron chi connectivity index (χ3n) is 6.88. The predicted molar refractivity (Wildman–Crippen MR) is 152 cm³/mol. The average Bonchev–Trinajstić information content (AvgIpc) is 3.30. The molecule has 4 rings (SSSR count). The molecule has 0 saturated carbocycles. The van der Waals surface area contributed by atoms with Crippen LogP contribution >= 0.6 is 0 Å². The second-order valence-corrected chi connectivity index (χ2v) is 9.71. The molecule has 0 aliphatic heterocycles. The van der Waals surface area contributed by atoms with Crippen molar-refractivity contribution in [2.45, 2.75) is 58.3 Å². The summed E-state index contributed by atoms with van der Waals surface area (Å²) >= 11 is 0. The third kappa shape index (κ3) is 6.82. The largest absolute Gasteiger partial charge is 0.399 e. The molecule has 0 aliphatic rings. The van der Waals surface area contributed by atoms with E-state index in [4.69, 9.17) is 10.7 Å². The molecule has 4 N–H and O–H groups in total. The van der Waals surface area contributed by atoms with Gasteiger partial charge in [-0.1, -0.05) is 49.4 Å². The zero-order valence-corrected chi connectivity index (χ0v) is 22.4. The number of aliphatic hydroxyl groups excluding tert-OH is 1. The molecule has 10 heteroatoms. The summed E-state index contributed by atoms with van der Waals surface area (Å²) in [6.45, 7) is 2.94. The number of aliphatic hydroxyl groups is 1. The molecule has 1 unspecified atom stereocenters. The van der Waals surface area contributed by atoms with Crippen molar-refractivity contribution < 1.29 is 9.50 Å². The fourth-order valence-corrected chi connectivity index (χ4v) is 4.64. The Balaban J connectivity index is 1.80. The summed E-state index contributed by atoms with van der Waals surface area (Å²) in [5.74, 6) is 0.662. The summed E-state index contributed by atoms with van der Waals surface area (Å²) in [5, 5.41) is 13.2. The van der Waals surface area contributed by atoms with Gasteiger partial charge in [0.25, 0.3) is 5.56 Å². The van der Waals surface area contributed by atoms with Crippen molar-refractivity contribution in [3.8, 4) is 0 Å². The number of hydrogen-bond acceptors (Lipinski definition) is 6. The van der Waals surface area contributed by atoms with Crippen molar-refractivity contribution in [1.82, 2.24) is 24.0 Å². The van der Waals surface area contributed by atoms with Crippen molar-refractivity contribution >= 4 is 16.9 Å². The van der Waals surface area contributed by atoms with Crippen LogP contribution in [0.3, 0.4) is 0 Å². The molecule has 0 spiro atoms. The van der Waals surface area contributed by atoms with Gasteiger partial charge in [-0.2, -0.15) is 0 Å². The Kier molecular flexibility index (Phi) is 9.67. The molecular formula is C29H37FN6O3. The quantitative estimate of drug-likeness (QED) is 0.168. The molecule has 4 aromatic rings. The highest BCUT2D eigenvalue weighted by molar-refractivity contribution is 5.71. The molecule has 0 aliphatic carbocycles. The van der Waals surface area contributed by atoms with Crippen LogP contribution in [0.1, 0.15) is 36.7 Å². The van der Waals surface area contributed by atoms with E-state index in [1.165, 1.54) is 4.57 Å². The van der Waals surface area contributed by atoms with Crippen molar-refractivity contribution in [2.75, 3.05) is 25.5 Å². The minimum Gasteiger partial charge on any atom is -0.399 e. The van der Waals surface area contributed by atoms with Crippen LogP contribution in [-0.2, 0) is 32.5 Å². The maximum atomic E-state index is 13.7. The molecule has 1 atom stereocenters. The van der Waals surface area contributed by atoms with Gasteiger partial charge in [0, 0.05) is 44.8 Å². The lowest BCUT2D eigenvalue weighted by molar-refractivity contribution is 0.167. The maximum absolute atomic E-state index is 13.7. The average molecular weight is 537 g/mol. The van der Waals surface area contributed by atoms with E-state index in [2.05, 4.69) is 5.32 Å². The third-order valence-corrected chi connectivity index (χ3v) is 6.88. The Labute approximate surface area is 226 Å². The van der Waals surface area contributed by atoms with Crippen molar-refractivity contribution in [1.29, 1.82) is 0 Å². The summed E-state index contributed by atoms with van der Waals surface area (Å²) in [5.41, 5.74) is 8.19. The fraction of sp³-hybridized carbons (Fsp3) is 0.414. The van der Waals surface area contributed by atoms with Crippen LogP contribution in [-0.4, -0.2) is 49.7 Å². The molecule has 0 saturated heterocycles. The standard InChI is InChI=1S/C29H37FN6O3/c1-2-24(37)20-32-15-18-34-25(19-22-7-4-3-5-8-22)33-27-26(34)28(38)36(16-6-14-30)29(39)35(27)17-13-21-9-11-23(31)12-10-21/h3-5,7-12,24,32,37H,2,6,13-20,31H2,1H3. The number of hydrogen-bond donors (Lipinski definition) is 3. The molecule has 2 heterocycles. The number of imidazole rings is 1. The van der Waals surface area contributed by atoms with Gasteiger partial charge in [0.15, 0.2) is 11.2 Å². The van der Waals surface area contributed by atoms with E-state index in [1.54, 1.807) is 0 Å². The lowest BCUT2D eigenvalue weighted by atomic mass is 10.1. The summed E-state index contributed by atoms with van der Waals surface area (Å²) in [6.07, 6.45) is 1.27. The van der Waals surface area contributed by atoms with Crippen molar-refractivity contribution in [2.24, 2.45) is 0 Å². The zero-order chi connectivity index (χ0) is 27.8. The van der Waals surface area contributed by atoms with Crippen LogP contribution < -0.4 is 22.3 Å². The number of nitrogens with zero attached hydrogens (tertiary/aromatic N) is 4. The first kappa shape index (κ1) is 28.3. The molecule has 0 amide bonds. The van der Waals surface area contributed by atoms with Gasteiger partial charge in [-0.3, -0.25) is 18.3 Å². The Morgan fingerprint density at radius 1 is 0.974 bits per heavy atom. The van der Waals surface area contributed by atoms with Crippen LogP contribution in [0, 0.1) is 0 Å². The Hall–Kier alpha value is -3.76. The molecule has 2 aromatic heterocycles. The SMILES string of the molecule is CCC(O)CNCCn1c(Cc2ccccc2)nc2c1c(=O)n(CCCF)c(=O)n2CCc1ccc(N)cc1. The fourth-order valence-electron chi connectivity index (χ4n) is 4.64. The van der Waals surface area contributed by atoms with Gasteiger partial charge in [-0.15, -0.1) is 0 Å². The van der Waals surface area contributed by atoms with Gasteiger partial charge in [0.1, 0.15) is 5.82 Å². The molecule has 9 nitrogen and oxygen atoms in total. The van der Waals surface area contributed by atoms with E-state index in [1.807, 2.05) is 66.1 Å². The van der Waals surface area contributed by atoms with Gasteiger partial charge in [-0.25, -0.2) is 9.78 Å². The molecule has 39 heavy (non-hydrogen) atoms. The van der Waals surface area contributed by atoms with E-state index in [0.717, 1.165) is 15.7 Å². The normalized spacial score (nSPS) is 12.3. The van der Waals surface area contributed by atoms with E-state index in [-0.39, 0.29) is 13.0 Å². The summed E-state index contributed by atoms with van der Waals surface area (Å²) in [4.78, 5) is 32.1. The number of nitrogen functional groups attached to an aromatic ring is 1. The van der Waals surface area contributed by atoms with Gasteiger partial charge in [-0.05, 0) is 42.5 Å². The van der Waals surface area contributed by atoms with Crippen molar-refractivity contribution in [3.63, 3.8) is 0 Å². The number of rotatable bonds is 14. The lowest BCUT2D eigenvalue weighted by Gasteiger charge is -2.14. The molecular weight excluding hydrogens is 499 g/mol. The molecule has 0 bridgehead atoms. The Morgan fingerprint density at radius 2 is 1.72 bits per heavy atom. The summed E-state index contributed by atoms with van der Waals surface area (Å²) in [7, 11) is 0. The minimum absolute atomic E-state index is 0.00782. The van der Waals surface area contributed by atoms with Crippen LogP contribution in [0.15, 0.2) is 64.2 Å². The maximum Gasteiger partial charge on any atom is 0.332 e.